The molecule has 0 aromatic rings. The zero-order valence-corrected chi connectivity index (χ0v) is 14.0. The second-order valence-electron chi connectivity index (χ2n) is 6.29. The molecule has 0 saturated carbocycles. The summed E-state index contributed by atoms with van der Waals surface area (Å²) in [4.78, 5) is 11.2. The summed E-state index contributed by atoms with van der Waals surface area (Å²) < 4.78 is 4.84. The lowest BCUT2D eigenvalue weighted by molar-refractivity contribution is -0.137. The molecule has 0 unspecified atom stereocenters. The normalized spacial score (nSPS) is 19.6. The van der Waals surface area contributed by atoms with E-state index in [0.29, 0.717) is 6.61 Å². The van der Waals surface area contributed by atoms with Crippen LogP contribution < -0.4 is 0 Å². The molecule has 0 aliphatic heterocycles. The highest BCUT2D eigenvalue weighted by molar-refractivity contribution is 5.82. The van der Waals surface area contributed by atoms with Gasteiger partial charge in [0.1, 0.15) is 0 Å². The van der Waals surface area contributed by atoms with E-state index in [2.05, 4.69) is 32.9 Å². The Bertz CT molecular complexity index is 488. The molecule has 0 aromatic carbocycles. The van der Waals surface area contributed by atoms with Gasteiger partial charge in [-0.2, -0.15) is 0 Å². The van der Waals surface area contributed by atoms with Crippen molar-refractivity contribution in [3.05, 3.63) is 47.1 Å². The Morgan fingerprint density at radius 2 is 2.05 bits per heavy atom. The minimum Gasteiger partial charge on any atom is -0.463 e. The molecule has 1 aliphatic rings. The van der Waals surface area contributed by atoms with E-state index in [-0.39, 0.29) is 11.4 Å². The Morgan fingerprint density at radius 1 is 1.33 bits per heavy atom. The lowest BCUT2D eigenvalue weighted by atomic mass is 9.72. The molecule has 116 valence electrons. The minimum atomic E-state index is -0.294. The number of ether oxygens (including phenoxy) is 1. The fraction of sp³-hybridized carbons (Fsp3) is 0.526. The third kappa shape index (κ3) is 5.74. The molecule has 0 saturated heterocycles. The zero-order chi connectivity index (χ0) is 15.9. The number of allylic oxidation sites excluding steroid dienone is 7. The second-order valence-corrected chi connectivity index (χ2v) is 6.29. The Morgan fingerprint density at radius 3 is 2.67 bits per heavy atom. The lowest BCUT2D eigenvalue weighted by Gasteiger charge is -2.32. The van der Waals surface area contributed by atoms with E-state index in [1.54, 1.807) is 13.0 Å². The van der Waals surface area contributed by atoms with Crippen molar-refractivity contribution in [1.82, 2.24) is 0 Å². The molecule has 0 bridgehead atoms. The Hall–Kier alpha value is -1.57. The van der Waals surface area contributed by atoms with Gasteiger partial charge < -0.3 is 4.74 Å². The van der Waals surface area contributed by atoms with Gasteiger partial charge in [-0.3, -0.25) is 0 Å². The van der Waals surface area contributed by atoms with E-state index in [1.807, 2.05) is 13.0 Å². The maximum absolute atomic E-state index is 11.2. The molecule has 2 heteroatoms. The molecule has 21 heavy (non-hydrogen) atoms. The smallest absolute Gasteiger partial charge is 0.330 e. The molecule has 1 aliphatic carbocycles. The van der Waals surface area contributed by atoms with Crippen molar-refractivity contribution in [3.63, 3.8) is 0 Å². The number of carbonyl (C=O) groups is 1. The molecule has 0 spiro atoms. The summed E-state index contributed by atoms with van der Waals surface area (Å²) in [6.07, 6.45) is 13.2. The van der Waals surface area contributed by atoms with Gasteiger partial charge in [-0.15, -0.1) is 0 Å². The van der Waals surface area contributed by atoms with E-state index in [4.69, 9.17) is 4.74 Å². The molecule has 0 amide bonds. The first-order valence-corrected chi connectivity index (χ1v) is 7.77. The number of carbonyl (C=O) groups excluding carboxylic acids is 1. The van der Waals surface area contributed by atoms with Gasteiger partial charge in [0, 0.05) is 6.08 Å². The molecule has 0 aromatic heterocycles. The molecule has 0 heterocycles. The highest BCUT2D eigenvalue weighted by Crippen LogP contribution is 2.40. The van der Waals surface area contributed by atoms with Crippen LogP contribution in [0.25, 0.3) is 0 Å². The van der Waals surface area contributed by atoms with Crippen molar-refractivity contribution in [2.75, 3.05) is 6.61 Å². The summed E-state index contributed by atoms with van der Waals surface area (Å²) in [5, 5.41) is 0. The van der Waals surface area contributed by atoms with Crippen LogP contribution in [0.1, 0.15) is 53.9 Å². The first-order chi connectivity index (χ1) is 9.86. The number of rotatable bonds is 5. The highest BCUT2D eigenvalue weighted by atomic mass is 16.5. The van der Waals surface area contributed by atoms with E-state index in [9.17, 15) is 4.79 Å². The minimum absolute atomic E-state index is 0.264. The maximum atomic E-state index is 11.2. The summed E-state index contributed by atoms with van der Waals surface area (Å²) >= 11 is 0. The average Bonchev–Trinajstić information content (AvgIpc) is 2.37. The Labute approximate surface area is 129 Å². The predicted molar refractivity (Wildman–Crippen MR) is 89.0 cm³/mol. The SMILES string of the molecule is CCOC(=O)C=CC=C(C)C=CC1=C(C)CCCC1(C)C. The molecule has 0 atom stereocenters. The van der Waals surface area contributed by atoms with Crippen molar-refractivity contribution in [2.45, 2.75) is 53.9 Å². The van der Waals surface area contributed by atoms with Gasteiger partial charge in [-0.1, -0.05) is 49.3 Å². The molecule has 0 N–H and O–H groups in total. The van der Waals surface area contributed by atoms with Crippen molar-refractivity contribution in [3.8, 4) is 0 Å². The largest absolute Gasteiger partial charge is 0.463 e. The van der Waals surface area contributed by atoms with Crippen molar-refractivity contribution in [2.24, 2.45) is 5.41 Å². The summed E-state index contributed by atoms with van der Waals surface area (Å²) in [7, 11) is 0. The second kappa shape index (κ2) is 8.02. The quantitative estimate of drug-likeness (QED) is 0.398. The predicted octanol–water partition coefficient (Wildman–Crippen LogP) is 5.13. The van der Waals surface area contributed by atoms with Gasteiger partial charge in [0.15, 0.2) is 0 Å². The summed E-state index contributed by atoms with van der Waals surface area (Å²) in [6, 6.07) is 0. The standard InChI is InChI=1S/C19H28O2/c1-6-21-18(20)11-7-9-15(2)12-13-17-16(3)10-8-14-19(17,4)5/h7,9,11-13H,6,8,10,14H2,1-5H3. The Balaban J connectivity index is 2.73. The fourth-order valence-electron chi connectivity index (χ4n) is 2.75. The Kier molecular flexibility index (Phi) is 6.67. The van der Waals surface area contributed by atoms with Crippen LogP contribution in [-0.2, 0) is 9.53 Å². The molecular weight excluding hydrogens is 260 g/mol. The first kappa shape index (κ1) is 17.5. The van der Waals surface area contributed by atoms with Crippen LogP contribution in [0.2, 0.25) is 0 Å². The molecular formula is C19H28O2. The number of hydrogen-bond acceptors (Lipinski definition) is 2. The van der Waals surface area contributed by atoms with Crippen molar-refractivity contribution in [1.29, 1.82) is 0 Å². The van der Waals surface area contributed by atoms with Crippen molar-refractivity contribution < 1.29 is 9.53 Å². The zero-order valence-electron chi connectivity index (χ0n) is 14.0. The lowest BCUT2D eigenvalue weighted by Crippen LogP contribution is -2.19. The van der Waals surface area contributed by atoms with Crippen LogP contribution in [-0.4, -0.2) is 12.6 Å². The van der Waals surface area contributed by atoms with Gasteiger partial charge in [-0.05, 0) is 51.0 Å². The van der Waals surface area contributed by atoms with Crippen LogP contribution in [0.4, 0.5) is 0 Å². The van der Waals surface area contributed by atoms with E-state index < -0.39 is 0 Å². The maximum Gasteiger partial charge on any atom is 0.330 e. The van der Waals surface area contributed by atoms with Crippen LogP contribution in [0.3, 0.4) is 0 Å². The van der Waals surface area contributed by atoms with Gasteiger partial charge in [-0.25, -0.2) is 4.79 Å². The molecule has 0 radical (unpaired) electrons. The third-order valence-corrected chi connectivity index (χ3v) is 3.93. The van der Waals surface area contributed by atoms with Crippen molar-refractivity contribution >= 4 is 5.97 Å². The van der Waals surface area contributed by atoms with Crippen LogP contribution in [0, 0.1) is 5.41 Å². The van der Waals surface area contributed by atoms with E-state index >= 15 is 0 Å². The molecule has 2 nitrogen and oxygen atoms in total. The summed E-state index contributed by atoms with van der Waals surface area (Å²) in [5.41, 5.74) is 4.34. The molecule has 0 fully saturated rings. The number of esters is 1. The van der Waals surface area contributed by atoms with Gasteiger partial charge in [0.05, 0.1) is 6.61 Å². The van der Waals surface area contributed by atoms with Crippen LogP contribution in [0.5, 0.6) is 0 Å². The topological polar surface area (TPSA) is 26.3 Å². The van der Waals surface area contributed by atoms with E-state index in [0.717, 1.165) is 5.57 Å². The van der Waals surface area contributed by atoms with Gasteiger partial charge >= 0.3 is 5.97 Å². The van der Waals surface area contributed by atoms with Crippen LogP contribution >= 0.6 is 0 Å². The van der Waals surface area contributed by atoms with E-state index in [1.165, 1.54) is 36.5 Å². The van der Waals surface area contributed by atoms with Gasteiger partial charge in [0.2, 0.25) is 0 Å². The first-order valence-electron chi connectivity index (χ1n) is 7.77. The summed E-state index contributed by atoms with van der Waals surface area (Å²) in [5.74, 6) is -0.294. The monoisotopic (exact) mass is 288 g/mol. The summed E-state index contributed by atoms with van der Waals surface area (Å²) in [6.45, 7) is 11.1. The van der Waals surface area contributed by atoms with Crippen LogP contribution in [0.15, 0.2) is 47.1 Å². The fourth-order valence-corrected chi connectivity index (χ4v) is 2.75. The third-order valence-electron chi connectivity index (χ3n) is 3.93. The average molecular weight is 288 g/mol. The van der Waals surface area contributed by atoms with Gasteiger partial charge in [0.25, 0.3) is 0 Å². The number of hydrogen-bond donors (Lipinski definition) is 0. The highest BCUT2D eigenvalue weighted by Gasteiger charge is 2.26. The molecule has 1 rings (SSSR count).